The molecular formula is C19H15ClN4OS. The van der Waals surface area contributed by atoms with E-state index >= 15 is 0 Å². The summed E-state index contributed by atoms with van der Waals surface area (Å²) in [4.78, 5) is 21.4. The zero-order chi connectivity index (χ0) is 18.1. The number of aryl methyl sites for hydroxylation is 1. The van der Waals surface area contributed by atoms with Crippen molar-refractivity contribution < 1.29 is 0 Å². The van der Waals surface area contributed by atoms with Crippen LogP contribution in [0.15, 0.2) is 71.0 Å². The number of fused-ring (bicyclic) bond motifs is 1. The fourth-order valence-corrected chi connectivity index (χ4v) is 3.79. The number of benzene rings is 1. The Labute approximate surface area is 159 Å². The zero-order valence-electron chi connectivity index (χ0n) is 14.0. The molecule has 1 aromatic carbocycles. The van der Waals surface area contributed by atoms with E-state index in [9.17, 15) is 4.79 Å². The van der Waals surface area contributed by atoms with E-state index in [1.54, 1.807) is 22.9 Å². The number of thioether (sulfide) groups is 1. The summed E-state index contributed by atoms with van der Waals surface area (Å²) in [7, 11) is 0. The van der Waals surface area contributed by atoms with Gasteiger partial charge < -0.3 is 0 Å². The molecule has 3 aromatic heterocycles. The van der Waals surface area contributed by atoms with Crippen LogP contribution in [0.1, 0.15) is 11.3 Å². The normalized spacial score (nSPS) is 11.2. The third-order valence-electron chi connectivity index (χ3n) is 3.98. The third kappa shape index (κ3) is 3.25. The summed E-state index contributed by atoms with van der Waals surface area (Å²) >= 11 is 7.62. The number of pyridine rings is 1. The van der Waals surface area contributed by atoms with Crippen LogP contribution in [0, 0.1) is 6.92 Å². The minimum atomic E-state index is -0.0764. The van der Waals surface area contributed by atoms with Gasteiger partial charge in [0, 0.05) is 41.1 Å². The second kappa shape index (κ2) is 6.97. The Balaban J connectivity index is 1.63. The summed E-state index contributed by atoms with van der Waals surface area (Å²) in [6.07, 6.45) is 5.37. The monoisotopic (exact) mass is 382 g/mol. The van der Waals surface area contributed by atoms with Gasteiger partial charge in [-0.1, -0.05) is 35.5 Å². The zero-order valence-corrected chi connectivity index (χ0v) is 15.5. The van der Waals surface area contributed by atoms with Crippen molar-refractivity contribution >= 4 is 29.0 Å². The molecule has 0 spiro atoms. The van der Waals surface area contributed by atoms with E-state index in [0.717, 1.165) is 22.1 Å². The van der Waals surface area contributed by atoms with E-state index in [0.29, 0.717) is 16.4 Å². The van der Waals surface area contributed by atoms with Crippen LogP contribution in [0.5, 0.6) is 0 Å². The molecule has 0 atom stereocenters. The van der Waals surface area contributed by atoms with E-state index in [2.05, 4.69) is 9.97 Å². The summed E-state index contributed by atoms with van der Waals surface area (Å²) < 4.78 is 3.53. The van der Waals surface area contributed by atoms with Gasteiger partial charge in [0.15, 0.2) is 5.16 Å². The molecule has 3 heterocycles. The number of halogens is 1. The summed E-state index contributed by atoms with van der Waals surface area (Å²) in [5.41, 5.74) is 3.26. The molecule has 0 aliphatic rings. The summed E-state index contributed by atoms with van der Waals surface area (Å²) in [5, 5.41) is 1.49. The summed E-state index contributed by atoms with van der Waals surface area (Å²) in [6.45, 7) is 1.95. The van der Waals surface area contributed by atoms with Crippen molar-refractivity contribution in [1.82, 2.24) is 18.9 Å². The molecule has 0 amide bonds. The quantitative estimate of drug-likeness (QED) is 0.498. The van der Waals surface area contributed by atoms with Gasteiger partial charge in [-0.05, 0) is 36.8 Å². The molecule has 130 valence electrons. The van der Waals surface area contributed by atoms with E-state index < -0.39 is 0 Å². The number of hydrogen-bond donors (Lipinski definition) is 0. The maximum absolute atomic E-state index is 12.3. The molecule has 0 radical (unpaired) electrons. The van der Waals surface area contributed by atoms with E-state index in [-0.39, 0.29) is 5.56 Å². The number of aromatic nitrogens is 4. The highest BCUT2D eigenvalue weighted by atomic mass is 35.5. The Bertz CT molecular complexity index is 1150. The molecule has 4 aromatic rings. The third-order valence-corrected chi connectivity index (χ3v) is 5.22. The van der Waals surface area contributed by atoms with Crippen LogP contribution < -0.4 is 5.56 Å². The van der Waals surface area contributed by atoms with Crippen LogP contribution in [0.25, 0.3) is 11.3 Å². The molecule has 0 N–H and O–H groups in total. The molecule has 0 aliphatic heterocycles. The largest absolute Gasteiger partial charge is 0.295 e. The highest BCUT2D eigenvalue weighted by Gasteiger charge is 2.09. The summed E-state index contributed by atoms with van der Waals surface area (Å²) in [6, 6.07) is 13.0. The van der Waals surface area contributed by atoms with Crippen molar-refractivity contribution in [2.75, 3.05) is 0 Å². The van der Waals surface area contributed by atoms with Crippen LogP contribution in [-0.2, 0) is 5.75 Å². The van der Waals surface area contributed by atoms with E-state index in [1.165, 1.54) is 11.8 Å². The molecule has 0 bridgehead atoms. The number of nitrogens with zero attached hydrogens (tertiary/aromatic N) is 4. The minimum Gasteiger partial charge on any atom is -0.295 e. The SMILES string of the molecule is Cc1cccn2c(=O)cc(CSc3nccn3-c3cccc(Cl)c3)nc12. The van der Waals surface area contributed by atoms with Crippen molar-refractivity contribution in [1.29, 1.82) is 0 Å². The van der Waals surface area contributed by atoms with Crippen molar-refractivity contribution in [2.24, 2.45) is 0 Å². The standard InChI is InChI=1S/C19H15ClN4OS/c1-13-4-3-8-24-17(25)11-15(22-18(13)24)12-26-19-21-7-9-23(19)16-6-2-5-14(20)10-16/h2-11H,12H2,1H3. The van der Waals surface area contributed by atoms with E-state index in [4.69, 9.17) is 11.6 Å². The van der Waals surface area contributed by atoms with Crippen LogP contribution in [0.2, 0.25) is 5.02 Å². The van der Waals surface area contributed by atoms with Gasteiger partial charge in [0.05, 0.1) is 5.69 Å². The molecule has 5 nitrogen and oxygen atoms in total. The minimum absolute atomic E-state index is 0.0764. The predicted molar refractivity (Wildman–Crippen MR) is 104 cm³/mol. The maximum atomic E-state index is 12.3. The summed E-state index contributed by atoms with van der Waals surface area (Å²) in [5.74, 6) is 0.553. The first-order chi connectivity index (χ1) is 12.6. The smallest absolute Gasteiger partial charge is 0.258 e. The first kappa shape index (κ1) is 16.9. The van der Waals surface area contributed by atoms with Crippen LogP contribution in [-0.4, -0.2) is 18.9 Å². The average Bonchev–Trinajstić information content (AvgIpc) is 3.09. The molecule has 0 saturated carbocycles. The van der Waals surface area contributed by atoms with Gasteiger partial charge in [-0.2, -0.15) is 0 Å². The number of hydrogen-bond acceptors (Lipinski definition) is 4. The van der Waals surface area contributed by atoms with Crippen molar-refractivity contribution in [3.05, 3.63) is 87.7 Å². The highest BCUT2D eigenvalue weighted by Crippen LogP contribution is 2.24. The Hall–Kier alpha value is -2.57. The lowest BCUT2D eigenvalue weighted by Crippen LogP contribution is -2.15. The fourth-order valence-electron chi connectivity index (χ4n) is 2.74. The topological polar surface area (TPSA) is 52.2 Å². The predicted octanol–water partition coefficient (Wildman–Crippen LogP) is 4.13. The van der Waals surface area contributed by atoms with Gasteiger partial charge in [-0.3, -0.25) is 13.8 Å². The first-order valence-corrected chi connectivity index (χ1v) is 9.38. The Kier molecular flexibility index (Phi) is 4.53. The van der Waals surface area contributed by atoms with Crippen molar-refractivity contribution in [3.63, 3.8) is 0 Å². The molecule has 0 fully saturated rings. The van der Waals surface area contributed by atoms with Gasteiger partial charge in [-0.15, -0.1) is 0 Å². The van der Waals surface area contributed by atoms with Crippen LogP contribution in [0.3, 0.4) is 0 Å². The molecule has 4 rings (SSSR count). The second-order valence-corrected chi connectivity index (χ2v) is 7.20. The van der Waals surface area contributed by atoms with Crippen LogP contribution in [0.4, 0.5) is 0 Å². The van der Waals surface area contributed by atoms with Crippen LogP contribution >= 0.6 is 23.4 Å². The fraction of sp³-hybridized carbons (Fsp3) is 0.105. The molecule has 7 heteroatoms. The molecule has 0 aliphatic carbocycles. The van der Waals surface area contributed by atoms with Gasteiger partial charge in [0.2, 0.25) is 0 Å². The number of imidazole rings is 1. The van der Waals surface area contributed by atoms with E-state index in [1.807, 2.05) is 54.1 Å². The second-order valence-electron chi connectivity index (χ2n) is 5.82. The van der Waals surface area contributed by atoms with Crippen molar-refractivity contribution in [3.8, 4) is 5.69 Å². The lowest BCUT2D eigenvalue weighted by atomic mass is 10.3. The Morgan fingerprint density at radius 1 is 1.15 bits per heavy atom. The molecular weight excluding hydrogens is 368 g/mol. The van der Waals surface area contributed by atoms with Gasteiger partial charge in [0.1, 0.15) is 5.65 Å². The average molecular weight is 383 g/mol. The van der Waals surface area contributed by atoms with Gasteiger partial charge >= 0.3 is 0 Å². The highest BCUT2D eigenvalue weighted by molar-refractivity contribution is 7.98. The first-order valence-electron chi connectivity index (χ1n) is 8.02. The Morgan fingerprint density at radius 2 is 2.04 bits per heavy atom. The lowest BCUT2D eigenvalue weighted by molar-refractivity contribution is 0.893. The maximum Gasteiger partial charge on any atom is 0.258 e. The molecule has 0 saturated heterocycles. The molecule has 0 unspecified atom stereocenters. The lowest BCUT2D eigenvalue weighted by Gasteiger charge is -2.08. The van der Waals surface area contributed by atoms with Gasteiger partial charge in [0.25, 0.3) is 5.56 Å². The molecule has 26 heavy (non-hydrogen) atoms. The Morgan fingerprint density at radius 3 is 2.88 bits per heavy atom. The van der Waals surface area contributed by atoms with Crippen molar-refractivity contribution in [2.45, 2.75) is 17.8 Å². The number of rotatable bonds is 4. The van der Waals surface area contributed by atoms with Gasteiger partial charge in [-0.25, -0.2) is 9.97 Å².